The first kappa shape index (κ1) is 17.9. The minimum atomic E-state index is 0.575. The molecule has 0 bridgehead atoms. The molecule has 0 radical (unpaired) electrons. The van der Waals surface area contributed by atoms with Gasteiger partial charge in [0.25, 0.3) is 0 Å². The molecule has 0 fully saturated rings. The van der Waals surface area contributed by atoms with E-state index < -0.39 is 0 Å². The van der Waals surface area contributed by atoms with Crippen LogP contribution in [-0.4, -0.2) is 7.05 Å². The summed E-state index contributed by atoms with van der Waals surface area (Å²) in [6.45, 7) is 12.3. The van der Waals surface area contributed by atoms with Gasteiger partial charge in [0.1, 0.15) is 0 Å². The maximum absolute atomic E-state index is 5.55. The summed E-state index contributed by atoms with van der Waals surface area (Å²) in [5.74, 6) is 0. The smallest absolute Gasteiger partial charge is 0.0264 e. The molecule has 2 heteroatoms. The number of hydrogen-bond donors (Lipinski definition) is 2. The molecule has 0 saturated heterocycles. The standard InChI is InChI=1S/C16H20N2.C2H6/c1-13(4-6-14(2)18-3)5-7-15-8-10-16(12-17)11-9-15;1-2/h4-11,18H,1-2,12,17H2,3H3;1-2H3/b6-4-,7-5+;. The van der Waals surface area contributed by atoms with Crippen molar-refractivity contribution < 1.29 is 0 Å². The van der Waals surface area contributed by atoms with Gasteiger partial charge in [0, 0.05) is 19.3 Å². The lowest BCUT2D eigenvalue weighted by atomic mass is 10.1. The van der Waals surface area contributed by atoms with Crippen LogP contribution in [0.4, 0.5) is 0 Å². The summed E-state index contributed by atoms with van der Waals surface area (Å²) in [6, 6.07) is 8.15. The van der Waals surface area contributed by atoms with Crippen LogP contribution in [-0.2, 0) is 6.54 Å². The molecule has 0 unspecified atom stereocenters. The fraction of sp³-hybridized carbons (Fsp3) is 0.222. The van der Waals surface area contributed by atoms with Crippen molar-refractivity contribution in [1.82, 2.24) is 5.32 Å². The lowest BCUT2D eigenvalue weighted by Crippen LogP contribution is -2.00. The Morgan fingerprint density at radius 2 is 1.70 bits per heavy atom. The number of rotatable bonds is 6. The topological polar surface area (TPSA) is 38.0 Å². The van der Waals surface area contributed by atoms with Crippen LogP contribution in [0.1, 0.15) is 25.0 Å². The predicted octanol–water partition coefficient (Wildman–Crippen LogP) is 4.03. The van der Waals surface area contributed by atoms with E-state index in [1.165, 1.54) is 0 Å². The molecule has 1 aromatic rings. The molecule has 1 aromatic carbocycles. The second kappa shape index (κ2) is 10.8. The van der Waals surface area contributed by atoms with Crippen LogP contribution in [0, 0.1) is 0 Å². The number of benzene rings is 1. The Kier molecular flexibility index (Phi) is 9.71. The number of allylic oxidation sites excluding steroid dienone is 4. The maximum Gasteiger partial charge on any atom is 0.0264 e. The zero-order chi connectivity index (χ0) is 15.4. The second-order valence-electron chi connectivity index (χ2n) is 3.96. The Labute approximate surface area is 123 Å². The number of hydrogen-bond acceptors (Lipinski definition) is 2. The van der Waals surface area contributed by atoms with E-state index in [1.54, 1.807) is 0 Å². The van der Waals surface area contributed by atoms with Crippen molar-refractivity contribution in [3.05, 3.63) is 78.0 Å². The quantitative estimate of drug-likeness (QED) is 0.766. The fourth-order valence-corrected chi connectivity index (χ4v) is 1.31. The van der Waals surface area contributed by atoms with E-state index in [0.29, 0.717) is 6.54 Å². The Balaban J connectivity index is 0.00000172. The summed E-state index contributed by atoms with van der Waals surface area (Å²) < 4.78 is 0. The van der Waals surface area contributed by atoms with Gasteiger partial charge >= 0.3 is 0 Å². The molecule has 1 rings (SSSR count). The summed E-state index contributed by atoms with van der Waals surface area (Å²) in [7, 11) is 1.84. The molecule has 20 heavy (non-hydrogen) atoms. The lowest BCUT2D eigenvalue weighted by molar-refractivity contribution is 1.04. The number of likely N-dealkylation sites (N-methyl/N-ethyl adjacent to an activating group) is 1. The Hall–Kier alpha value is -2.06. The molecule has 0 heterocycles. The minimum absolute atomic E-state index is 0.575. The normalized spacial score (nSPS) is 10.2. The highest BCUT2D eigenvalue weighted by atomic mass is 14.8. The van der Waals surface area contributed by atoms with Gasteiger partial charge in [-0.3, -0.25) is 0 Å². The Bertz CT molecular complexity index is 465. The fourth-order valence-electron chi connectivity index (χ4n) is 1.31. The molecule has 3 N–H and O–H groups in total. The van der Waals surface area contributed by atoms with E-state index in [0.717, 1.165) is 22.4 Å². The molecule has 0 amide bonds. The molecular weight excluding hydrogens is 244 g/mol. The summed E-state index contributed by atoms with van der Waals surface area (Å²) in [4.78, 5) is 0. The zero-order valence-electron chi connectivity index (χ0n) is 12.8. The van der Waals surface area contributed by atoms with Crippen molar-refractivity contribution >= 4 is 6.08 Å². The first-order valence-corrected chi connectivity index (χ1v) is 6.86. The molecule has 0 saturated carbocycles. The third kappa shape index (κ3) is 7.39. The molecular formula is C18H26N2. The Morgan fingerprint density at radius 1 is 1.10 bits per heavy atom. The second-order valence-corrected chi connectivity index (χ2v) is 3.96. The molecule has 0 aliphatic carbocycles. The van der Waals surface area contributed by atoms with Crippen LogP contribution in [0.3, 0.4) is 0 Å². The summed E-state index contributed by atoms with van der Waals surface area (Å²) in [5, 5.41) is 2.95. The van der Waals surface area contributed by atoms with Crippen molar-refractivity contribution in [2.24, 2.45) is 5.73 Å². The summed E-state index contributed by atoms with van der Waals surface area (Å²) in [6.07, 6.45) is 7.81. The largest absolute Gasteiger partial charge is 0.389 e. The van der Waals surface area contributed by atoms with Crippen LogP contribution in [0.2, 0.25) is 0 Å². The van der Waals surface area contributed by atoms with Crippen molar-refractivity contribution in [3.8, 4) is 0 Å². The van der Waals surface area contributed by atoms with E-state index in [4.69, 9.17) is 5.73 Å². The van der Waals surface area contributed by atoms with Crippen LogP contribution in [0.25, 0.3) is 6.08 Å². The first-order valence-electron chi connectivity index (χ1n) is 6.86. The molecule has 0 spiro atoms. The van der Waals surface area contributed by atoms with Crippen molar-refractivity contribution in [2.45, 2.75) is 20.4 Å². The summed E-state index contributed by atoms with van der Waals surface area (Å²) >= 11 is 0. The number of nitrogens with one attached hydrogen (secondary N) is 1. The van der Waals surface area contributed by atoms with E-state index in [2.05, 4.69) is 18.5 Å². The van der Waals surface area contributed by atoms with Gasteiger partial charge in [-0.25, -0.2) is 0 Å². The van der Waals surface area contributed by atoms with Gasteiger partial charge in [-0.2, -0.15) is 0 Å². The summed E-state index contributed by atoms with van der Waals surface area (Å²) in [5.41, 5.74) is 9.60. The van der Waals surface area contributed by atoms with Gasteiger partial charge in [0.05, 0.1) is 0 Å². The van der Waals surface area contributed by atoms with Gasteiger partial charge in [-0.1, -0.05) is 69.5 Å². The minimum Gasteiger partial charge on any atom is -0.389 e. The van der Waals surface area contributed by atoms with Crippen LogP contribution in [0.15, 0.2) is 66.9 Å². The van der Waals surface area contributed by atoms with Crippen LogP contribution in [0.5, 0.6) is 0 Å². The predicted molar refractivity (Wildman–Crippen MR) is 91.2 cm³/mol. The SMILES string of the molecule is C=C(/C=C\C(=C)NC)/C=C/c1ccc(CN)cc1.CC. The third-order valence-electron chi connectivity index (χ3n) is 2.52. The molecule has 0 aliphatic rings. The van der Waals surface area contributed by atoms with Gasteiger partial charge in [-0.05, 0) is 22.8 Å². The highest BCUT2D eigenvalue weighted by Gasteiger charge is 1.89. The first-order chi connectivity index (χ1) is 9.65. The van der Waals surface area contributed by atoms with Crippen LogP contribution < -0.4 is 11.1 Å². The molecule has 0 aliphatic heterocycles. The monoisotopic (exact) mass is 270 g/mol. The Morgan fingerprint density at radius 3 is 2.20 bits per heavy atom. The van der Waals surface area contributed by atoms with Gasteiger partial charge < -0.3 is 11.1 Å². The van der Waals surface area contributed by atoms with Gasteiger partial charge in [0.15, 0.2) is 0 Å². The molecule has 0 atom stereocenters. The molecule has 0 aromatic heterocycles. The number of nitrogens with two attached hydrogens (primary N) is 1. The van der Waals surface area contributed by atoms with Crippen molar-refractivity contribution in [1.29, 1.82) is 0 Å². The van der Waals surface area contributed by atoms with E-state index >= 15 is 0 Å². The molecule has 108 valence electrons. The zero-order valence-corrected chi connectivity index (χ0v) is 12.8. The third-order valence-corrected chi connectivity index (χ3v) is 2.52. The maximum atomic E-state index is 5.55. The molecule has 2 nitrogen and oxygen atoms in total. The van der Waals surface area contributed by atoms with E-state index in [1.807, 2.05) is 69.5 Å². The lowest BCUT2D eigenvalue weighted by Gasteiger charge is -1.98. The van der Waals surface area contributed by atoms with E-state index in [9.17, 15) is 0 Å². The van der Waals surface area contributed by atoms with Crippen molar-refractivity contribution in [2.75, 3.05) is 7.05 Å². The van der Waals surface area contributed by atoms with E-state index in [-0.39, 0.29) is 0 Å². The average molecular weight is 270 g/mol. The van der Waals surface area contributed by atoms with Crippen molar-refractivity contribution in [3.63, 3.8) is 0 Å². The van der Waals surface area contributed by atoms with Crippen LogP contribution >= 0.6 is 0 Å². The highest BCUT2D eigenvalue weighted by molar-refractivity contribution is 5.54. The van der Waals surface area contributed by atoms with Gasteiger partial charge in [0.2, 0.25) is 0 Å². The highest BCUT2D eigenvalue weighted by Crippen LogP contribution is 2.08. The van der Waals surface area contributed by atoms with Gasteiger partial charge in [-0.15, -0.1) is 0 Å². The average Bonchev–Trinajstić information content (AvgIpc) is 2.52.